The van der Waals surface area contributed by atoms with Gasteiger partial charge in [0.25, 0.3) is 0 Å². The fourth-order valence-electron chi connectivity index (χ4n) is 1.12. The molecule has 0 aromatic carbocycles. The Labute approximate surface area is 97.9 Å². The molecule has 7 heteroatoms. The molecule has 0 aliphatic carbocycles. The Kier molecular flexibility index (Phi) is 4.50. The van der Waals surface area contributed by atoms with Crippen LogP contribution >= 0.6 is 0 Å². The van der Waals surface area contributed by atoms with E-state index in [-0.39, 0.29) is 19.3 Å². The van der Waals surface area contributed by atoms with Crippen LogP contribution in [0.25, 0.3) is 0 Å². The van der Waals surface area contributed by atoms with Crippen molar-refractivity contribution in [1.29, 1.82) is 0 Å². The van der Waals surface area contributed by atoms with Crippen molar-refractivity contribution in [3.8, 4) is 0 Å². The topological polar surface area (TPSA) is 82.1 Å². The molecule has 1 heterocycles. The van der Waals surface area contributed by atoms with Crippen molar-refractivity contribution in [1.82, 2.24) is 4.90 Å². The number of amides is 1. The van der Waals surface area contributed by atoms with E-state index in [0.717, 1.165) is 12.2 Å². The first-order valence-corrected chi connectivity index (χ1v) is 4.87. The van der Waals surface area contributed by atoms with Gasteiger partial charge >= 0.3 is 18.0 Å². The first-order chi connectivity index (χ1) is 8.04. The quantitative estimate of drug-likeness (QED) is 0.383. The summed E-state index contributed by atoms with van der Waals surface area (Å²) in [4.78, 5) is 34.1. The van der Waals surface area contributed by atoms with Crippen LogP contribution in [0.1, 0.15) is 0 Å². The number of carbonyl (C=O) groups is 3. The summed E-state index contributed by atoms with van der Waals surface area (Å²) in [6, 6.07) is -0.294. The highest BCUT2D eigenvalue weighted by atomic mass is 16.6. The number of methoxy groups -OCH3 is 1. The molecule has 1 rings (SSSR count). The van der Waals surface area contributed by atoms with Gasteiger partial charge < -0.3 is 19.1 Å². The van der Waals surface area contributed by atoms with E-state index in [1.54, 1.807) is 7.05 Å². The largest absolute Gasteiger partial charge is 0.466 e. The van der Waals surface area contributed by atoms with Crippen LogP contribution in [0.4, 0.5) is 4.79 Å². The zero-order chi connectivity index (χ0) is 12.8. The first-order valence-electron chi connectivity index (χ1n) is 4.87. The van der Waals surface area contributed by atoms with Gasteiger partial charge in [-0.05, 0) is 0 Å². The lowest BCUT2D eigenvalue weighted by molar-refractivity contribution is -0.140. The van der Waals surface area contributed by atoms with Crippen LogP contribution in [0.15, 0.2) is 12.2 Å². The third kappa shape index (κ3) is 3.78. The Bertz CT molecular complexity index is 351. The first kappa shape index (κ1) is 13.0. The smallest absolute Gasteiger partial charge is 0.410 e. The molecular weight excluding hydrogens is 230 g/mol. The lowest BCUT2D eigenvalue weighted by Crippen LogP contribution is -2.33. The molecule has 0 bridgehead atoms. The molecule has 1 unspecified atom stereocenters. The highest BCUT2D eigenvalue weighted by molar-refractivity contribution is 5.91. The molecule has 17 heavy (non-hydrogen) atoms. The van der Waals surface area contributed by atoms with Crippen molar-refractivity contribution in [2.75, 3.05) is 27.4 Å². The van der Waals surface area contributed by atoms with E-state index < -0.39 is 18.0 Å². The number of cyclic esters (lactones) is 1. The number of ether oxygens (including phenoxy) is 3. The number of rotatable bonds is 4. The second-order valence-corrected chi connectivity index (χ2v) is 3.33. The molecule has 0 saturated carbocycles. The van der Waals surface area contributed by atoms with Crippen LogP contribution in [-0.2, 0) is 23.8 Å². The Morgan fingerprint density at radius 3 is 2.65 bits per heavy atom. The second-order valence-electron chi connectivity index (χ2n) is 3.33. The molecule has 1 aliphatic rings. The minimum Gasteiger partial charge on any atom is -0.466 e. The molecule has 0 N–H and O–H groups in total. The van der Waals surface area contributed by atoms with Gasteiger partial charge in [-0.15, -0.1) is 0 Å². The fourth-order valence-corrected chi connectivity index (χ4v) is 1.12. The van der Waals surface area contributed by atoms with Crippen molar-refractivity contribution in [3.63, 3.8) is 0 Å². The van der Waals surface area contributed by atoms with E-state index in [1.165, 1.54) is 12.0 Å². The minimum atomic E-state index is -0.678. The minimum absolute atomic E-state index is 0.0204. The molecule has 0 aromatic heterocycles. The summed E-state index contributed by atoms with van der Waals surface area (Å²) in [6.07, 6.45) is 1.47. The zero-order valence-corrected chi connectivity index (χ0v) is 9.54. The second kappa shape index (κ2) is 5.88. The maximum absolute atomic E-state index is 11.1. The molecule has 7 nitrogen and oxygen atoms in total. The summed E-state index contributed by atoms with van der Waals surface area (Å²) >= 11 is 0. The van der Waals surface area contributed by atoms with Crippen LogP contribution in [0, 0.1) is 0 Å². The van der Waals surface area contributed by atoms with Gasteiger partial charge in [-0.25, -0.2) is 14.4 Å². The molecule has 94 valence electrons. The van der Waals surface area contributed by atoms with Crippen molar-refractivity contribution < 1.29 is 28.6 Å². The Balaban J connectivity index is 2.31. The monoisotopic (exact) mass is 243 g/mol. The molecular formula is C10H13NO6. The van der Waals surface area contributed by atoms with Crippen LogP contribution in [0.2, 0.25) is 0 Å². The Morgan fingerprint density at radius 2 is 2.12 bits per heavy atom. The summed E-state index contributed by atoms with van der Waals surface area (Å²) in [5.74, 6) is -1.32. The van der Waals surface area contributed by atoms with E-state index in [1.807, 2.05) is 0 Å². The highest BCUT2D eigenvalue weighted by Crippen LogP contribution is 2.09. The van der Waals surface area contributed by atoms with Gasteiger partial charge in [0.15, 0.2) is 0 Å². The van der Waals surface area contributed by atoms with E-state index >= 15 is 0 Å². The molecule has 0 spiro atoms. The normalized spacial score (nSPS) is 19.3. The number of nitrogens with zero attached hydrogens (tertiary/aromatic N) is 1. The predicted octanol–water partition coefficient (Wildman–Crippen LogP) is -0.291. The molecule has 0 aromatic rings. The maximum Gasteiger partial charge on any atom is 0.410 e. The SMILES string of the molecule is COC(=O)/C=C/C(=O)OCC1COC(=O)N1C. The van der Waals surface area contributed by atoms with Gasteiger partial charge in [0.05, 0.1) is 7.11 Å². The third-order valence-electron chi connectivity index (χ3n) is 2.21. The van der Waals surface area contributed by atoms with Crippen molar-refractivity contribution >= 4 is 18.0 Å². The Morgan fingerprint density at radius 1 is 1.47 bits per heavy atom. The lowest BCUT2D eigenvalue weighted by atomic mass is 10.3. The number of hydrogen-bond donors (Lipinski definition) is 0. The van der Waals surface area contributed by atoms with Crippen molar-refractivity contribution in [2.24, 2.45) is 0 Å². The number of likely N-dealkylation sites (N-methyl/N-ethyl adjacent to an activating group) is 1. The van der Waals surface area contributed by atoms with Gasteiger partial charge in [0, 0.05) is 19.2 Å². The number of hydrogen-bond acceptors (Lipinski definition) is 6. The van der Waals surface area contributed by atoms with E-state index in [0.29, 0.717) is 0 Å². The molecule has 1 atom stereocenters. The summed E-state index contributed by atoms with van der Waals surface area (Å²) in [6.45, 7) is 0.204. The van der Waals surface area contributed by atoms with Crippen molar-refractivity contribution in [2.45, 2.75) is 6.04 Å². The molecule has 1 saturated heterocycles. The standard InChI is InChI=1S/C10H13NO6/c1-11-7(6-17-10(11)14)5-16-9(13)4-3-8(12)15-2/h3-4,7H,5-6H2,1-2H3/b4-3+. The molecule has 1 fully saturated rings. The Hall–Kier alpha value is -2.05. The van der Waals surface area contributed by atoms with E-state index in [9.17, 15) is 14.4 Å². The van der Waals surface area contributed by atoms with Crippen LogP contribution < -0.4 is 0 Å². The highest BCUT2D eigenvalue weighted by Gasteiger charge is 2.30. The molecule has 1 aliphatic heterocycles. The number of carbonyl (C=O) groups excluding carboxylic acids is 3. The van der Waals surface area contributed by atoms with Gasteiger partial charge in [-0.3, -0.25) is 0 Å². The maximum atomic E-state index is 11.1. The van der Waals surface area contributed by atoms with Crippen molar-refractivity contribution in [3.05, 3.63) is 12.2 Å². The molecule has 0 radical (unpaired) electrons. The summed E-state index contributed by atoms with van der Waals surface area (Å²) < 4.78 is 13.9. The number of esters is 2. The van der Waals surface area contributed by atoms with Gasteiger partial charge in [0.2, 0.25) is 0 Å². The van der Waals surface area contributed by atoms with Crippen LogP contribution in [-0.4, -0.2) is 56.3 Å². The van der Waals surface area contributed by atoms with E-state index in [2.05, 4.69) is 4.74 Å². The summed E-state index contributed by atoms with van der Waals surface area (Å²) in [5.41, 5.74) is 0. The predicted molar refractivity (Wildman–Crippen MR) is 55.0 cm³/mol. The zero-order valence-electron chi connectivity index (χ0n) is 9.54. The van der Waals surface area contributed by atoms with Crippen LogP contribution in [0.5, 0.6) is 0 Å². The van der Waals surface area contributed by atoms with Gasteiger partial charge in [0.1, 0.15) is 19.3 Å². The summed E-state index contributed by atoms with van der Waals surface area (Å²) in [7, 11) is 2.76. The van der Waals surface area contributed by atoms with Gasteiger partial charge in [-0.1, -0.05) is 0 Å². The van der Waals surface area contributed by atoms with Crippen LogP contribution in [0.3, 0.4) is 0 Å². The fraction of sp³-hybridized carbons (Fsp3) is 0.500. The van der Waals surface area contributed by atoms with E-state index in [4.69, 9.17) is 9.47 Å². The lowest BCUT2D eigenvalue weighted by Gasteiger charge is -2.14. The average molecular weight is 243 g/mol. The summed E-state index contributed by atoms with van der Waals surface area (Å²) in [5, 5.41) is 0. The third-order valence-corrected chi connectivity index (χ3v) is 2.21. The van der Waals surface area contributed by atoms with Gasteiger partial charge in [-0.2, -0.15) is 0 Å². The average Bonchev–Trinajstić information content (AvgIpc) is 2.64. The molecule has 1 amide bonds.